The Morgan fingerprint density at radius 3 is 2.47 bits per heavy atom. The van der Waals surface area contributed by atoms with Crippen molar-refractivity contribution in [1.82, 2.24) is 0 Å². The van der Waals surface area contributed by atoms with Crippen LogP contribution < -0.4 is 0 Å². The molecule has 0 saturated heterocycles. The van der Waals surface area contributed by atoms with Crippen molar-refractivity contribution < 1.29 is 5.11 Å². The average molecular weight is 301 g/mol. The molecule has 4 heteroatoms. The van der Waals surface area contributed by atoms with E-state index in [1.54, 1.807) is 35.2 Å². The lowest BCUT2D eigenvalue weighted by atomic mass is 10.3. The number of thiophene rings is 1. The van der Waals surface area contributed by atoms with Gasteiger partial charge in [-0.25, -0.2) is 0 Å². The molecule has 0 spiro atoms. The number of phenolic OH excluding ortho intramolecular Hbond substituents is 1. The first-order valence-electron chi connectivity index (χ1n) is 4.40. The van der Waals surface area contributed by atoms with Crippen molar-refractivity contribution in [3.05, 3.63) is 45.1 Å². The molecule has 1 aromatic carbocycles. The van der Waals surface area contributed by atoms with Gasteiger partial charge in [-0.15, -0.1) is 23.1 Å². The van der Waals surface area contributed by atoms with Crippen LogP contribution in [-0.4, -0.2) is 5.11 Å². The molecule has 0 radical (unpaired) electrons. The highest BCUT2D eigenvalue weighted by atomic mass is 79.9. The zero-order valence-electron chi connectivity index (χ0n) is 7.81. The number of phenols is 1. The fourth-order valence-corrected chi connectivity index (χ4v) is 3.55. The maximum atomic E-state index is 9.13. The second-order valence-electron chi connectivity index (χ2n) is 2.99. The van der Waals surface area contributed by atoms with E-state index in [0.717, 1.165) is 5.75 Å². The normalized spacial score (nSPS) is 10.5. The van der Waals surface area contributed by atoms with Crippen LogP contribution in [0.2, 0.25) is 0 Å². The summed E-state index contributed by atoms with van der Waals surface area (Å²) in [6.07, 6.45) is 0. The molecular weight excluding hydrogens is 292 g/mol. The molecule has 0 saturated carbocycles. The Labute approximate surface area is 105 Å². The molecule has 1 heterocycles. The Kier molecular flexibility index (Phi) is 3.72. The molecular formula is C11H9BrOS2. The van der Waals surface area contributed by atoms with Crippen LogP contribution in [0.4, 0.5) is 0 Å². The SMILES string of the molecule is Oc1ccc(SCc2ccc(Br)s2)cc1. The summed E-state index contributed by atoms with van der Waals surface area (Å²) >= 11 is 6.97. The average Bonchev–Trinajstić information content (AvgIpc) is 2.64. The van der Waals surface area contributed by atoms with Crippen LogP contribution in [0.5, 0.6) is 5.75 Å². The summed E-state index contributed by atoms with van der Waals surface area (Å²) in [4.78, 5) is 2.53. The first-order valence-corrected chi connectivity index (χ1v) is 6.99. The lowest BCUT2D eigenvalue weighted by Gasteiger charge is -1.99. The molecule has 78 valence electrons. The van der Waals surface area contributed by atoms with Gasteiger partial charge in [0.15, 0.2) is 0 Å². The maximum absolute atomic E-state index is 9.13. The van der Waals surface area contributed by atoms with Crippen LogP contribution in [0, 0.1) is 0 Å². The highest BCUT2D eigenvalue weighted by Gasteiger charge is 1.99. The Hall–Kier alpha value is -0.450. The Balaban J connectivity index is 1.96. The van der Waals surface area contributed by atoms with Gasteiger partial charge in [-0.3, -0.25) is 0 Å². The van der Waals surface area contributed by atoms with Gasteiger partial charge in [-0.2, -0.15) is 0 Å². The molecule has 1 N–H and O–H groups in total. The van der Waals surface area contributed by atoms with Gasteiger partial charge in [-0.1, -0.05) is 0 Å². The molecule has 2 rings (SSSR count). The highest BCUT2D eigenvalue weighted by Crippen LogP contribution is 2.29. The van der Waals surface area contributed by atoms with Gasteiger partial charge in [0.05, 0.1) is 3.79 Å². The monoisotopic (exact) mass is 300 g/mol. The Bertz CT molecular complexity index is 436. The molecule has 0 aliphatic carbocycles. The summed E-state index contributed by atoms with van der Waals surface area (Å²) < 4.78 is 1.17. The largest absolute Gasteiger partial charge is 0.508 e. The van der Waals surface area contributed by atoms with Gasteiger partial charge in [0, 0.05) is 15.5 Å². The van der Waals surface area contributed by atoms with E-state index < -0.39 is 0 Å². The van der Waals surface area contributed by atoms with E-state index in [9.17, 15) is 0 Å². The zero-order chi connectivity index (χ0) is 10.7. The number of rotatable bonds is 3. The number of thioether (sulfide) groups is 1. The minimum Gasteiger partial charge on any atom is -0.508 e. The fraction of sp³-hybridized carbons (Fsp3) is 0.0909. The van der Waals surface area contributed by atoms with Crippen molar-refractivity contribution >= 4 is 39.0 Å². The van der Waals surface area contributed by atoms with Crippen molar-refractivity contribution in [2.45, 2.75) is 10.6 Å². The van der Waals surface area contributed by atoms with E-state index in [4.69, 9.17) is 5.11 Å². The molecule has 1 aromatic heterocycles. The highest BCUT2D eigenvalue weighted by molar-refractivity contribution is 9.11. The van der Waals surface area contributed by atoms with Gasteiger partial charge in [0.1, 0.15) is 5.75 Å². The van der Waals surface area contributed by atoms with E-state index in [1.807, 2.05) is 12.1 Å². The molecule has 15 heavy (non-hydrogen) atoms. The third-order valence-electron chi connectivity index (χ3n) is 1.85. The van der Waals surface area contributed by atoms with Gasteiger partial charge >= 0.3 is 0 Å². The zero-order valence-corrected chi connectivity index (χ0v) is 11.0. The summed E-state index contributed by atoms with van der Waals surface area (Å²) in [5.41, 5.74) is 0. The molecule has 0 unspecified atom stereocenters. The van der Waals surface area contributed by atoms with Crippen molar-refractivity contribution in [3.8, 4) is 5.75 Å². The van der Waals surface area contributed by atoms with Crippen molar-refractivity contribution in [2.24, 2.45) is 0 Å². The van der Waals surface area contributed by atoms with Crippen LogP contribution in [0.25, 0.3) is 0 Å². The molecule has 1 nitrogen and oxygen atoms in total. The molecule has 2 aromatic rings. The number of halogens is 1. The first-order chi connectivity index (χ1) is 7.24. The number of hydrogen-bond donors (Lipinski definition) is 1. The summed E-state index contributed by atoms with van der Waals surface area (Å²) in [6, 6.07) is 11.5. The Morgan fingerprint density at radius 2 is 1.87 bits per heavy atom. The van der Waals surface area contributed by atoms with E-state index in [2.05, 4.69) is 28.1 Å². The first kappa shape index (κ1) is 11.0. The topological polar surface area (TPSA) is 20.2 Å². The number of hydrogen-bond acceptors (Lipinski definition) is 3. The van der Waals surface area contributed by atoms with E-state index >= 15 is 0 Å². The molecule has 0 bridgehead atoms. The summed E-state index contributed by atoms with van der Waals surface area (Å²) in [5, 5.41) is 9.13. The predicted octanol–water partition coefficient (Wildman–Crippen LogP) is 4.51. The van der Waals surface area contributed by atoms with Gasteiger partial charge in [0.2, 0.25) is 0 Å². The lowest BCUT2D eigenvalue weighted by molar-refractivity contribution is 0.475. The van der Waals surface area contributed by atoms with Crippen LogP contribution in [0.3, 0.4) is 0 Å². The van der Waals surface area contributed by atoms with Crippen LogP contribution in [0.15, 0.2) is 45.1 Å². The summed E-state index contributed by atoms with van der Waals surface area (Å²) in [7, 11) is 0. The van der Waals surface area contributed by atoms with Crippen LogP contribution >= 0.6 is 39.0 Å². The molecule has 0 aliphatic heterocycles. The maximum Gasteiger partial charge on any atom is 0.115 e. The van der Waals surface area contributed by atoms with E-state index in [0.29, 0.717) is 5.75 Å². The molecule has 0 fully saturated rings. The number of aromatic hydroxyl groups is 1. The van der Waals surface area contributed by atoms with Crippen LogP contribution in [-0.2, 0) is 5.75 Å². The van der Waals surface area contributed by atoms with Gasteiger partial charge in [0.25, 0.3) is 0 Å². The fourth-order valence-electron chi connectivity index (χ4n) is 1.13. The molecule has 0 aliphatic rings. The van der Waals surface area contributed by atoms with Gasteiger partial charge < -0.3 is 5.11 Å². The smallest absolute Gasteiger partial charge is 0.115 e. The Morgan fingerprint density at radius 1 is 1.13 bits per heavy atom. The standard InChI is InChI=1S/C11H9BrOS2/c12-11-6-5-10(15-11)7-14-9-3-1-8(13)2-4-9/h1-6,13H,7H2. The molecule has 0 amide bonds. The predicted molar refractivity (Wildman–Crippen MR) is 69.7 cm³/mol. The lowest BCUT2D eigenvalue weighted by Crippen LogP contribution is -1.73. The molecule has 0 atom stereocenters. The quantitative estimate of drug-likeness (QED) is 0.842. The summed E-state index contributed by atoms with van der Waals surface area (Å²) in [5.74, 6) is 1.29. The van der Waals surface area contributed by atoms with Crippen molar-refractivity contribution in [1.29, 1.82) is 0 Å². The van der Waals surface area contributed by atoms with Crippen molar-refractivity contribution in [3.63, 3.8) is 0 Å². The third-order valence-corrected chi connectivity index (χ3v) is 4.71. The van der Waals surface area contributed by atoms with Crippen molar-refractivity contribution in [2.75, 3.05) is 0 Å². The van der Waals surface area contributed by atoms with E-state index in [1.165, 1.54) is 13.6 Å². The van der Waals surface area contributed by atoms with Gasteiger partial charge in [-0.05, 0) is 52.3 Å². The third kappa shape index (κ3) is 3.26. The second kappa shape index (κ2) is 5.05. The minimum absolute atomic E-state index is 0.318. The second-order valence-corrected chi connectivity index (χ2v) is 6.58. The minimum atomic E-state index is 0.318. The summed E-state index contributed by atoms with van der Waals surface area (Å²) in [6.45, 7) is 0. The van der Waals surface area contributed by atoms with E-state index in [-0.39, 0.29) is 0 Å². The van der Waals surface area contributed by atoms with Crippen LogP contribution in [0.1, 0.15) is 4.88 Å². The number of benzene rings is 1.